The molecule has 82 valence electrons. The topological polar surface area (TPSA) is 30.4 Å². The normalized spacial score (nSPS) is 33.9. The Morgan fingerprint density at radius 1 is 1.80 bits per heavy atom. The lowest BCUT2D eigenvalue weighted by Crippen LogP contribution is -2.24. The third-order valence-electron chi connectivity index (χ3n) is 3.20. The summed E-state index contributed by atoms with van der Waals surface area (Å²) < 4.78 is 9.07. The number of aryl methyl sites for hydroxylation is 1. The molecule has 2 fully saturated rings. The van der Waals surface area contributed by atoms with Crippen molar-refractivity contribution in [2.45, 2.75) is 31.6 Å². The van der Waals surface area contributed by atoms with E-state index in [9.17, 15) is 0 Å². The number of thioether (sulfide) groups is 1. The van der Waals surface area contributed by atoms with E-state index in [-0.39, 0.29) is 5.60 Å². The van der Waals surface area contributed by atoms with Gasteiger partial charge in [-0.1, -0.05) is 0 Å². The van der Waals surface area contributed by atoms with E-state index in [1.807, 2.05) is 18.0 Å². The molecule has 3 rings (SSSR count). The molecule has 5 heteroatoms. The summed E-state index contributed by atoms with van der Waals surface area (Å²) in [7, 11) is 0. The van der Waals surface area contributed by atoms with E-state index in [1.54, 1.807) is 0 Å². The maximum Gasteiger partial charge on any atom is 0.139 e. The Hall–Kier alpha value is -0.0000000000000000763. The molecule has 0 aliphatic carbocycles. The summed E-state index contributed by atoms with van der Waals surface area (Å²) in [6, 6.07) is 0. The van der Waals surface area contributed by atoms with Gasteiger partial charge >= 0.3 is 0 Å². The quantitative estimate of drug-likeness (QED) is 0.783. The molecule has 0 saturated carbocycles. The molecule has 2 aliphatic rings. The third-order valence-corrected chi connectivity index (χ3v) is 4.81. The number of epoxide rings is 1. The predicted octanol–water partition coefficient (Wildman–Crippen LogP) is 2.40. The highest BCUT2D eigenvalue weighted by molar-refractivity contribution is 9.10. The Morgan fingerprint density at radius 2 is 2.67 bits per heavy atom. The molecule has 0 unspecified atom stereocenters. The smallest absolute Gasteiger partial charge is 0.139 e. The summed E-state index contributed by atoms with van der Waals surface area (Å²) in [6.07, 6.45) is 3.41. The van der Waals surface area contributed by atoms with Crippen molar-refractivity contribution in [2.75, 3.05) is 11.5 Å². The van der Waals surface area contributed by atoms with E-state index in [1.165, 1.54) is 11.4 Å². The minimum absolute atomic E-state index is 0.0173. The summed E-state index contributed by atoms with van der Waals surface area (Å²) in [5, 5.41) is 4.36. The zero-order valence-corrected chi connectivity index (χ0v) is 11.0. The molecule has 0 amide bonds. The zero-order chi connectivity index (χ0) is 10.5. The first kappa shape index (κ1) is 10.2. The Kier molecular flexibility index (Phi) is 2.37. The summed E-state index contributed by atoms with van der Waals surface area (Å²) in [5.74, 6) is 2.32. The molecule has 3 heterocycles. The minimum atomic E-state index is -0.0173. The van der Waals surface area contributed by atoms with Gasteiger partial charge in [0.25, 0.3) is 0 Å². The van der Waals surface area contributed by atoms with E-state index in [2.05, 4.69) is 32.6 Å². The predicted molar refractivity (Wildman–Crippen MR) is 64.1 cm³/mol. The summed E-state index contributed by atoms with van der Waals surface area (Å²) in [4.78, 5) is 0. The van der Waals surface area contributed by atoms with Gasteiger partial charge in [0, 0.05) is 12.3 Å². The molecule has 2 saturated heterocycles. The molecule has 2 aliphatic heterocycles. The Morgan fingerprint density at radius 3 is 3.40 bits per heavy atom. The fraction of sp³-hybridized carbons (Fsp3) is 0.700. The van der Waals surface area contributed by atoms with Crippen LogP contribution in [0.4, 0.5) is 0 Å². The van der Waals surface area contributed by atoms with Gasteiger partial charge in [-0.3, -0.25) is 4.68 Å². The lowest BCUT2D eigenvalue weighted by Gasteiger charge is -2.18. The molecule has 0 bridgehead atoms. The molecule has 0 spiro atoms. The van der Waals surface area contributed by atoms with Gasteiger partial charge < -0.3 is 4.74 Å². The summed E-state index contributed by atoms with van der Waals surface area (Å²) in [5.41, 5.74) is 1.23. The monoisotopic (exact) mass is 288 g/mol. The van der Waals surface area contributed by atoms with Crippen LogP contribution in [0.25, 0.3) is 0 Å². The minimum Gasteiger partial charge on any atom is -0.358 e. The van der Waals surface area contributed by atoms with E-state index in [0.717, 1.165) is 23.2 Å². The van der Waals surface area contributed by atoms with Crippen LogP contribution < -0.4 is 0 Å². The number of aromatic nitrogens is 2. The van der Waals surface area contributed by atoms with Crippen LogP contribution in [0.1, 0.15) is 19.0 Å². The van der Waals surface area contributed by atoms with Crippen molar-refractivity contribution in [1.29, 1.82) is 0 Å². The molecular formula is C10H13BrN2OS. The Labute approximate surface area is 102 Å². The highest BCUT2D eigenvalue weighted by Gasteiger charge is 2.61. The number of ether oxygens (including phenoxy) is 1. The van der Waals surface area contributed by atoms with Crippen molar-refractivity contribution in [1.82, 2.24) is 9.78 Å². The summed E-state index contributed by atoms with van der Waals surface area (Å²) >= 11 is 5.58. The van der Waals surface area contributed by atoms with Crippen LogP contribution in [-0.4, -0.2) is 27.4 Å². The second-order valence-electron chi connectivity index (χ2n) is 3.98. The fourth-order valence-corrected chi connectivity index (χ4v) is 4.17. The van der Waals surface area contributed by atoms with E-state index < -0.39 is 0 Å². The SMILES string of the molecule is CCn1ncc(Br)c1[C@@]12CCSC[C@H]1O2. The van der Waals surface area contributed by atoms with Crippen molar-refractivity contribution in [3.05, 3.63) is 16.4 Å². The maximum absolute atomic E-state index is 5.92. The third kappa shape index (κ3) is 1.40. The van der Waals surface area contributed by atoms with Crippen LogP contribution in [0.3, 0.4) is 0 Å². The largest absolute Gasteiger partial charge is 0.358 e. The van der Waals surface area contributed by atoms with Gasteiger partial charge in [-0.2, -0.15) is 16.9 Å². The molecule has 0 aromatic carbocycles. The average Bonchev–Trinajstić information content (AvgIpc) is 2.87. The maximum atomic E-state index is 5.92. The van der Waals surface area contributed by atoms with Crippen molar-refractivity contribution in [3.8, 4) is 0 Å². The fourth-order valence-electron chi connectivity index (χ4n) is 2.37. The van der Waals surface area contributed by atoms with Crippen LogP contribution in [0, 0.1) is 0 Å². The van der Waals surface area contributed by atoms with Crippen molar-refractivity contribution >= 4 is 27.7 Å². The lowest BCUT2D eigenvalue weighted by atomic mass is 9.98. The van der Waals surface area contributed by atoms with Gasteiger partial charge in [-0.05, 0) is 35.0 Å². The van der Waals surface area contributed by atoms with Crippen LogP contribution in [-0.2, 0) is 16.9 Å². The highest BCUT2D eigenvalue weighted by atomic mass is 79.9. The Bertz CT molecular complexity index is 395. The van der Waals surface area contributed by atoms with Gasteiger partial charge in [-0.15, -0.1) is 0 Å². The van der Waals surface area contributed by atoms with Gasteiger partial charge in [0.1, 0.15) is 11.7 Å². The molecule has 1 aromatic rings. The number of fused-ring (bicyclic) bond motifs is 1. The van der Waals surface area contributed by atoms with Crippen LogP contribution in [0.5, 0.6) is 0 Å². The van der Waals surface area contributed by atoms with Crippen LogP contribution in [0.2, 0.25) is 0 Å². The molecule has 0 radical (unpaired) electrons. The molecular weight excluding hydrogens is 276 g/mol. The first-order chi connectivity index (χ1) is 7.28. The van der Waals surface area contributed by atoms with Crippen LogP contribution in [0.15, 0.2) is 10.7 Å². The van der Waals surface area contributed by atoms with Crippen LogP contribution >= 0.6 is 27.7 Å². The second-order valence-corrected chi connectivity index (χ2v) is 5.98. The highest BCUT2D eigenvalue weighted by Crippen LogP contribution is 2.55. The Balaban J connectivity index is 2.01. The average molecular weight is 289 g/mol. The van der Waals surface area contributed by atoms with E-state index in [0.29, 0.717) is 6.10 Å². The van der Waals surface area contributed by atoms with Gasteiger partial charge in [0.15, 0.2) is 0 Å². The molecule has 0 N–H and O–H groups in total. The second kappa shape index (κ2) is 3.50. The van der Waals surface area contributed by atoms with Crippen molar-refractivity contribution in [3.63, 3.8) is 0 Å². The number of rotatable bonds is 2. The van der Waals surface area contributed by atoms with E-state index in [4.69, 9.17) is 4.74 Å². The first-order valence-corrected chi connectivity index (χ1v) is 7.20. The first-order valence-electron chi connectivity index (χ1n) is 5.25. The standard InChI is InChI=1S/C10H13BrN2OS/c1-2-13-9(7(11)5-12-13)10-3-4-15-6-8(10)14-10/h5,8H,2-4,6H2,1H3/t8-,10-/m1/s1. The van der Waals surface area contributed by atoms with Gasteiger partial charge in [-0.25, -0.2) is 0 Å². The molecule has 15 heavy (non-hydrogen) atoms. The number of hydrogen-bond donors (Lipinski definition) is 0. The number of nitrogens with zero attached hydrogens (tertiary/aromatic N) is 2. The summed E-state index contributed by atoms with van der Waals surface area (Å²) in [6.45, 7) is 3.03. The van der Waals surface area contributed by atoms with Crippen molar-refractivity contribution < 1.29 is 4.74 Å². The number of halogens is 1. The van der Waals surface area contributed by atoms with Crippen molar-refractivity contribution in [2.24, 2.45) is 0 Å². The molecule has 2 atom stereocenters. The number of hydrogen-bond acceptors (Lipinski definition) is 3. The zero-order valence-electron chi connectivity index (χ0n) is 8.57. The molecule has 1 aromatic heterocycles. The van der Waals surface area contributed by atoms with Gasteiger partial charge in [0.05, 0.1) is 16.4 Å². The van der Waals surface area contributed by atoms with Gasteiger partial charge in [0.2, 0.25) is 0 Å². The molecule has 3 nitrogen and oxygen atoms in total. The lowest BCUT2D eigenvalue weighted by molar-refractivity contribution is 0.281. The van der Waals surface area contributed by atoms with E-state index >= 15 is 0 Å².